The van der Waals surface area contributed by atoms with Crippen molar-refractivity contribution in [3.63, 3.8) is 0 Å². The van der Waals surface area contributed by atoms with Crippen LogP contribution < -0.4 is 10.1 Å². The molecule has 1 N–H and O–H groups in total. The van der Waals surface area contributed by atoms with E-state index in [1.807, 2.05) is 47.1 Å². The summed E-state index contributed by atoms with van der Waals surface area (Å²) >= 11 is 1.59. The smallest absolute Gasteiger partial charge is 0.227 e. The van der Waals surface area contributed by atoms with Gasteiger partial charge in [-0.3, -0.25) is 4.79 Å². The number of fused-ring (bicyclic) bond motifs is 1. The van der Waals surface area contributed by atoms with Gasteiger partial charge in [0.05, 0.1) is 7.11 Å². The summed E-state index contributed by atoms with van der Waals surface area (Å²) in [6, 6.07) is 17.8. The van der Waals surface area contributed by atoms with Crippen molar-refractivity contribution in [2.45, 2.75) is 43.6 Å². The second-order valence-electron chi connectivity index (χ2n) is 9.04. The predicted octanol–water partition coefficient (Wildman–Crippen LogP) is 5.24. The molecule has 0 radical (unpaired) electrons. The van der Waals surface area contributed by atoms with Crippen molar-refractivity contribution in [1.82, 2.24) is 14.8 Å². The first kappa shape index (κ1) is 20.8. The maximum Gasteiger partial charge on any atom is 0.227 e. The van der Waals surface area contributed by atoms with Crippen LogP contribution in [0.25, 0.3) is 0 Å². The molecule has 0 unspecified atom stereocenters. The summed E-state index contributed by atoms with van der Waals surface area (Å²) in [4.78, 5) is 18.1. The molecule has 0 bridgehead atoms. The molecular formula is C25H26N4O2S. The molecule has 2 aromatic carbocycles. The van der Waals surface area contributed by atoms with Gasteiger partial charge < -0.3 is 10.1 Å². The van der Waals surface area contributed by atoms with Gasteiger partial charge in [0, 0.05) is 29.0 Å². The number of rotatable bonds is 5. The summed E-state index contributed by atoms with van der Waals surface area (Å²) < 4.78 is 7.51. The number of aromatic nitrogens is 3. The van der Waals surface area contributed by atoms with Gasteiger partial charge >= 0.3 is 0 Å². The minimum atomic E-state index is -0.362. The normalized spacial score (nSPS) is 19.2. The third-order valence-electron chi connectivity index (χ3n) is 5.96. The lowest BCUT2D eigenvalue weighted by molar-refractivity contribution is -0.118. The van der Waals surface area contributed by atoms with E-state index in [0.717, 1.165) is 34.8 Å². The highest BCUT2D eigenvalue weighted by Crippen LogP contribution is 2.47. The molecule has 32 heavy (non-hydrogen) atoms. The Bertz CT molecular complexity index is 1200. The molecule has 0 saturated carbocycles. The minimum absolute atomic E-state index is 0.0959. The highest BCUT2D eigenvalue weighted by atomic mass is 32.2. The zero-order chi connectivity index (χ0) is 22.3. The van der Waals surface area contributed by atoms with Crippen molar-refractivity contribution in [2.24, 2.45) is 5.41 Å². The molecular weight excluding hydrogens is 420 g/mol. The Hall–Kier alpha value is -3.06. The van der Waals surface area contributed by atoms with Crippen molar-refractivity contribution >= 4 is 23.5 Å². The number of para-hydroxylation sites is 1. The average molecular weight is 447 g/mol. The van der Waals surface area contributed by atoms with Crippen LogP contribution in [0.3, 0.4) is 0 Å². The number of thioether (sulfide) groups is 1. The second kappa shape index (κ2) is 8.13. The Labute approximate surface area is 192 Å². The van der Waals surface area contributed by atoms with E-state index < -0.39 is 0 Å². The number of ketones is 1. The maximum atomic E-state index is 13.3. The van der Waals surface area contributed by atoms with Gasteiger partial charge in [-0.2, -0.15) is 4.98 Å². The standard InChI is InChI=1S/C25H26N4O2S/c1-25(2)13-18-21(19(30)14-25)22(17-11-7-8-12-20(17)31-3)29-23(26-18)27-24(28-29)32-15-16-9-5-4-6-10-16/h4-12,22H,13-15H2,1-3H3,(H,26,27,28)/t22-/m0/s1. The molecule has 7 heteroatoms. The average Bonchev–Trinajstić information content (AvgIpc) is 3.18. The number of nitrogens with one attached hydrogen (secondary N) is 1. The first-order chi connectivity index (χ1) is 15.4. The third-order valence-corrected chi connectivity index (χ3v) is 6.87. The molecule has 1 atom stereocenters. The maximum absolute atomic E-state index is 13.3. The van der Waals surface area contributed by atoms with Gasteiger partial charge in [-0.05, 0) is 23.5 Å². The van der Waals surface area contributed by atoms with Crippen LogP contribution in [-0.2, 0) is 10.5 Å². The summed E-state index contributed by atoms with van der Waals surface area (Å²) in [6.45, 7) is 4.27. The Kier molecular flexibility index (Phi) is 5.29. The Balaban J connectivity index is 1.57. The van der Waals surface area contributed by atoms with Crippen molar-refractivity contribution in [3.8, 4) is 5.75 Å². The topological polar surface area (TPSA) is 69.0 Å². The van der Waals surface area contributed by atoms with Gasteiger partial charge in [0.2, 0.25) is 11.1 Å². The van der Waals surface area contributed by atoms with Gasteiger partial charge in [0.1, 0.15) is 11.8 Å². The van der Waals surface area contributed by atoms with Crippen LogP contribution in [0.2, 0.25) is 0 Å². The van der Waals surface area contributed by atoms with Gasteiger partial charge in [-0.1, -0.05) is 74.1 Å². The number of carbonyl (C=O) groups is 1. The number of nitrogens with zero attached hydrogens (tertiary/aromatic N) is 3. The molecule has 164 valence electrons. The van der Waals surface area contributed by atoms with E-state index in [-0.39, 0.29) is 17.2 Å². The summed E-state index contributed by atoms with van der Waals surface area (Å²) in [6.07, 6.45) is 1.30. The lowest BCUT2D eigenvalue weighted by Crippen LogP contribution is -2.36. The monoisotopic (exact) mass is 446 g/mol. The van der Waals surface area contributed by atoms with Crippen LogP contribution in [0.15, 0.2) is 71.0 Å². The van der Waals surface area contributed by atoms with E-state index in [2.05, 4.69) is 31.3 Å². The fourth-order valence-corrected chi connectivity index (χ4v) is 5.34. The van der Waals surface area contributed by atoms with E-state index in [0.29, 0.717) is 17.5 Å². The number of Topliss-reactive ketones (excluding diaryl/α,β-unsaturated/α-hetero) is 1. The molecule has 2 aliphatic rings. The molecule has 5 rings (SSSR count). The lowest BCUT2D eigenvalue weighted by Gasteiger charge is -2.38. The highest BCUT2D eigenvalue weighted by molar-refractivity contribution is 7.98. The first-order valence-corrected chi connectivity index (χ1v) is 11.7. The highest BCUT2D eigenvalue weighted by Gasteiger charge is 2.42. The number of methoxy groups -OCH3 is 1. The Morgan fingerprint density at radius 3 is 2.66 bits per heavy atom. The van der Waals surface area contributed by atoms with E-state index in [1.165, 1.54) is 5.56 Å². The van der Waals surface area contributed by atoms with Crippen LogP contribution in [0, 0.1) is 5.41 Å². The van der Waals surface area contributed by atoms with Crippen LogP contribution in [0.5, 0.6) is 5.75 Å². The SMILES string of the molecule is COc1ccccc1[C@H]1C2=C(CC(C)(C)CC2=O)Nc2nc(SCc3ccccc3)nn21. The molecule has 2 heterocycles. The van der Waals surface area contributed by atoms with Gasteiger partial charge in [-0.25, -0.2) is 4.68 Å². The van der Waals surface area contributed by atoms with Gasteiger partial charge in [-0.15, -0.1) is 5.10 Å². The number of allylic oxidation sites excluding steroid dienone is 2. The Morgan fingerprint density at radius 1 is 1.12 bits per heavy atom. The van der Waals surface area contributed by atoms with Crippen LogP contribution in [0.4, 0.5) is 5.95 Å². The molecule has 0 saturated heterocycles. The third kappa shape index (κ3) is 3.81. The van der Waals surface area contributed by atoms with Gasteiger partial charge in [0.15, 0.2) is 5.78 Å². The molecule has 1 aromatic heterocycles. The Morgan fingerprint density at radius 2 is 1.88 bits per heavy atom. The summed E-state index contributed by atoms with van der Waals surface area (Å²) in [7, 11) is 1.66. The zero-order valence-electron chi connectivity index (χ0n) is 18.5. The van der Waals surface area contributed by atoms with Crippen LogP contribution in [0.1, 0.15) is 43.9 Å². The van der Waals surface area contributed by atoms with Crippen molar-refractivity contribution in [2.75, 3.05) is 12.4 Å². The van der Waals surface area contributed by atoms with E-state index in [1.54, 1.807) is 18.9 Å². The zero-order valence-corrected chi connectivity index (χ0v) is 19.3. The van der Waals surface area contributed by atoms with Crippen LogP contribution >= 0.6 is 11.8 Å². The largest absolute Gasteiger partial charge is 0.496 e. The molecule has 1 aliphatic heterocycles. The predicted molar refractivity (Wildman–Crippen MR) is 126 cm³/mol. The number of anilines is 1. The van der Waals surface area contributed by atoms with Crippen LogP contribution in [-0.4, -0.2) is 27.7 Å². The summed E-state index contributed by atoms with van der Waals surface area (Å²) in [5, 5.41) is 8.94. The quantitative estimate of drug-likeness (QED) is 0.541. The van der Waals surface area contributed by atoms with Crippen molar-refractivity contribution in [3.05, 3.63) is 77.0 Å². The minimum Gasteiger partial charge on any atom is -0.496 e. The number of ether oxygens (including phenoxy) is 1. The fraction of sp³-hybridized carbons (Fsp3) is 0.320. The first-order valence-electron chi connectivity index (χ1n) is 10.7. The number of carbonyl (C=O) groups excluding carboxylic acids is 1. The molecule has 0 amide bonds. The molecule has 0 spiro atoms. The molecule has 1 aliphatic carbocycles. The number of benzene rings is 2. The van der Waals surface area contributed by atoms with E-state index in [9.17, 15) is 4.79 Å². The molecule has 3 aromatic rings. The van der Waals surface area contributed by atoms with E-state index >= 15 is 0 Å². The fourth-order valence-electron chi connectivity index (χ4n) is 4.55. The number of hydrogen-bond acceptors (Lipinski definition) is 6. The van der Waals surface area contributed by atoms with Crippen molar-refractivity contribution < 1.29 is 9.53 Å². The van der Waals surface area contributed by atoms with Crippen molar-refractivity contribution in [1.29, 1.82) is 0 Å². The van der Waals surface area contributed by atoms with Gasteiger partial charge in [0.25, 0.3) is 0 Å². The second-order valence-corrected chi connectivity index (χ2v) is 9.98. The van der Waals surface area contributed by atoms with E-state index in [4.69, 9.17) is 14.8 Å². The molecule has 6 nitrogen and oxygen atoms in total. The summed E-state index contributed by atoms with van der Waals surface area (Å²) in [5.41, 5.74) is 3.76. The summed E-state index contributed by atoms with van der Waals surface area (Å²) in [5.74, 6) is 2.34. The lowest BCUT2D eigenvalue weighted by atomic mass is 9.73. The number of hydrogen-bond donors (Lipinski definition) is 1. The molecule has 0 fully saturated rings.